The summed E-state index contributed by atoms with van der Waals surface area (Å²) in [6.45, 7) is -0.222. The van der Waals surface area contributed by atoms with Gasteiger partial charge < -0.3 is 9.84 Å². The second-order valence-corrected chi connectivity index (χ2v) is 8.86. The van der Waals surface area contributed by atoms with E-state index in [1.807, 2.05) is 24.3 Å². The first-order valence-electron chi connectivity index (χ1n) is 7.97. The van der Waals surface area contributed by atoms with Crippen LogP contribution < -0.4 is 4.74 Å². The van der Waals surface area contributed by atoms with Gasteiger partial charge in [-0.25, -0.2) is 0 Å². The lowest BCUT2D eigenvalue weighted by Crippen LogP contribution is -2.33. The number of benzene rings is 2. The lowest BCUT2D eigenvalue weighted by molar-refractivity contribution is -0.140. The van der Waals surface area contributed by atoms with Crippen LogP contribution in [-0.4, -0.2) is 33.7 Å². The maximum atomic E-state index is 12.2. The average Bonchev–Trinajstić information content (AvgIpc) is 2.89. The Bertz CT molecular complexity index is 977. The van der Waals surface area contributed by atoms with Gasteiger partial charge in [0.25, 0.3) is 11.1 Å². The summed E-state index contributed by atoms with van der Waals surface area (Å²) in [5, 5.41) is 8.22. The number of carbonyl (C=O) groups excluding carboxylic acids is 2. The van der Waals surface area contributed by atoms with Crippen LogP contribution in [0.3, 0.4) is 0 Å². The van der Waals surface area contributed by atoms with E-state index in [0.717, 1.165) is 20.9 Å². The van der Waals surface area contributed by atoms with E-state index in [1.165, 1.54) is 0 Å². The fourth-order valence-electron chi connectivity index (χ4n) is 2.39. The molecule has 9 heteroatoms. The van der Waals surface area contributed by atoms with E-state index in [1.54, 1.807) is 24.3 Å². The zero-order valence-corrected chi connectivity index (χ0v) is 18.8. The third-order valence-corrected chi connectivity index (χ3v) is 5.97. The van der Waals surface area contributed by atoms with Crippen molar-refractivity contribution in [3.8, 4) is 5.75 Å². The van der Waals surface area contributed by atoms with Gasteiger partial charge >= 0.3 is 5.97 Å². The van der Waals surface area contributed by atoms with E-state index in [-0.39, 0.29) is 4.91 Å². The number of imide groups is 1. The summed E-state index contributed by atoms with van der Waals surface area (Å²) in [7, 11) is 0. The molecule has 1 fully saturated rings. The average molecular weight is 574 g/mol. The Morgan fingerprint density at radius 3 is 2.57 bits per heavy atom. The monoisotopic (exact) mass is 573 g/mol. The number of hydrogen-bond acceptors (Lipinski definition) is 5. The first-order chi connectivity index (χ1) is 13.3. The fourth-order valence-corrected chi connectivity index (χ4v) is 4.10. The van der Waals surface area contributed by atoms with E-state index in [4.69, 9.17) is 9.84 Å². The van der Waals surface area contributed by atoms with E-state index in [2.05, 4.69) is 38.5 Å². The Hall–Kier alpha value is -1.85. The largest absolute Gasteiger partial charge is 0.488 e. The molecule has 1 saturated heterocycles. The molecular formula is C19H13BrINO5S. The number of thioether (sulfide) groups is 1. The summed E-state index contributed by atoms with van der Waals surface area (Å²) < 4.78 is 7.67. The standard InChI is InChI=1S/C19H13BrINO5S/c20-14-7-12(8-16-18(25)22(9-17(23)24)19(26)28-16)3-6-15(14)27-10-11-1-4-13(21)5-2-11/h1-8H,9-10H2,(H,23,24)/b16-8+. The van der Waals surface area contributed by atoms with Gasteiger partial charge in [-0.3, -0.25) is 19.3 Å². The highest BCUT2D eigenvalue weighted by atomic mass is 127. The number of rotatable bonds is 6. The van der Waals surface area contributed by atoms with Crippen molar-refractivity contribution in [2.75, 3.05) is 6.54 Å². The second-order valence-electron chi connectivity index (χ2n) is 5.77. The van der Waals surface area contributed by atoms with Crippen LogP contribution in [0.5, 0.6) is 5.75 Å². The van der Waals surface area contributed by atoms with Gasteiger partial charge in [0, 0.05) is 3.57 Å². The Balaban J connectivity index is 1.71. The molecule has 0 bridgehead atoms. The van der Waals surface area contributed by atoms with Crippen molar-refractivity contribution in [2.24, 2.45) is 0 Å². The molecule has 0 radical (unpaired) electrons. The summed E-state index contributed by atoms with van der Waals surface area (Å²) in [6, 6.07) is 13.3. The molecule has 1 heterocycles. The van der Waals surface area contributed by atoms with Crippen molar-refractivity contribution in [2.45, 2.75) is 6.61 Å². The number of hydrogen-bond donors (Lipinski definition) is 1. The summed E-state index contributed by atoms with van der Waals surface area (Å²) in [6.07, 6.45) is 1.56. The Morgan fingerprint density at radius 2 is 1.93 bits per heavy atom. The van der Waals surface area contributed by atoms with Crippen molar-refractivity contribution in [1.82, 2.24) is 4.90 Å². The molecule has 1 N–H and O–H groups in total. The third-order valence-electron chi connectivity index (χ3n) is 3.73. The molecule has 0 unspecified atom stereocenters. The van der Waals surface area contributed by atoms with Crippen LogP contribution in [0.1, 0.15) is 11.1 Å². The van der Waals surface area contributed by atoms with Crippen molar-refractivity contribution in [1.29, 1.82) is 0 Å². The second kappa shape index (κ2) is 9.10. The van der Waals surface area contributed by atoms with Gasteiger partial charge in [0.15, 0.2) is 0 Å². The summed E-state index contributed by atoms with van der Waals surface area (Å²) in [5.74, 6) is -1.19. The molecular weight excluding hydrogens is 561 g/mol. The minimum Gasteiger partial charge on any atom is -0.488 e. The smallest absolute Gasteiger partial charge is 0.323 e. The van der Waals surface area contributed by atoms with E-state index < -0.39 is 23.7 Å². The zero-order chi connectivity index (χ0) is 20.3. The van der Waals surface area contributed by atoms with Crippen LogP contribution >= 0.6 is 50.3 Å². The van der Waals surface area contributed by atoms with Crippen LogP contribution in [0.4, 0.5) is 4.79 Å². The van der Waals surface area contributed by atoms with Gasteiger partial charge in [-0.1, -0.05) is 18.2 Å². The van der Waals surface area contributed by atoms with Crippen molar-refractivity contribution in [3.63, 3.8) is 0 Å². The molecule has 0 spiro atoms. The van der Waals surface area contributed by atoms with E-state index in [9.17, 15) is 14.4 Å². The normalized spacial score (nSPS) is 15.4. The minimum absolute atomic E-state index is 0.186. The highest BCUT2D eigenvalue weighted by Crippen LogP contribution is 2.34. The molecule has 28 heavy (non-hydrogen) atoms. The summed E-state index contributed by atoms with van der Waals surface area (Å²) in [4.78, 5) is 35.7. The molecule has 3 rings (SSSR count). The van der Waals surface area contributed by atoms with Crippen molar-refractivity contribution >= 4 is 73.5 Å². The maximum Gasteiger partial charge on any atom is 0.323 e. The first kappa shape index (κ1) is 20.9. The lowest BCUT2D eigenvalue weighted by Gasteiger charge is -2.09. The van der Waals surface area contributed by atoms with Gasteiger partial charge in [-0.15, -0.1) is 0 Å². The van der Waals surface area contributed by atoms with Crippen LogP contribution in [0.25, 0.3) is 6.08 Å². The van der Waals surface area contributed by atoms with Gasteiger partial charge in [0.1, 0.15) is 18.9 Å². The molecule has 1 aliphatic rings. The van der Waals surface area contributed by atoms with E-state index >= 15 is 0 Å². The molecule has 2 amide bonds. The number of halogens is 2. The summed E-state index contributed by atoms with van der Waals surface area (Å²) in [5.41, 5.74) is 1.73. The number of carbonyl (C=O) groups is 3. The number of carboxylic acid groups (broad SMARTS) is 1. The highest BCUT2D eigenvalue weighted by Gasteiger charge is 2.36. The summed E-state index contributed by atoms with van der Waals surface area (Å²) >= 11 is 6.42. The number of aliphatic carboxylic acids is 1. The minimum atomic E-state index is -1.24. The van der Waals surface area contributed by atoms with Crippen molar-refractivity contribution < 1.29 is 24.2 Å². The van der Waals surface area contributed by atoms with Crippen molar-refractivity contribution in [3.05, 3.63) is 66.5 Å². The predicted molar refractivity (Wildman–Crippen MR) is 118 cm³/mol. The topological polar surface area (TPSA) is 83.9 Å². The predicted octanol–water partition coefficient (Wildman–Crippen LogP) is 4.75. The quantitative estimate of drug-likeness (QED) is 0.396. The SMILES string of the molecule is O=C(O)CN1C(=O)S/C(=C/c2ccc(OCc3ccc(I)cc3)c(Br)c2)C1=O. The van der Waals surface area contributed by atoms with Crippen LogP contribution in [0, 0.1) is 3.57 Å². The zero-order valence-electron chi connectivity index (χ0n) is 14.2. The highest BCUT2D eigenvalue weighted by molar-refractivity contribution is 14.1. The first-order valence-corrected chi connectivity index (χ1v) is 10.7. The van der Waals surface area contributed by atoms with Crippen LogP contribution in [0.2, 0.25) is 0 Å². The molecule has 144 valence electrons. The van der Waals surface area contributed by atoms with Gasteiger partial charge in [0.2, 0.25) is 0 Å². The molecule has 1 aliphatic heterocycles. The van der Waals surface area contributed by atoms with Gasteiger partial charge in [0.05, 0.1) is 9.38 Å². The number of nitrogens with zero attached hydrogens (tertiary/aromatic N) is 1. The van der Waals surface area contributed by atoms with Gasteiger partial charge in [-0.05, 0) is 91.8 Å². The fraction of sp³-hybridized carbons (Fsp3) is 0.105. The van der Waals surface area contributed by atoms with Gasteiger partial charge in [-0.2, -0.15) is 0 Å². The number of ether oxygens (including phenoxy) is 1. The molecule has 2 aromatic rings. The Kier molecular flexibility index (Phi) is 6.78. The van der Waals surface area contributed by atoms with E-state index in [0.29, 0.717) is 27.3 Å². The maximum absolute atomic E-state index is 12.2. The molecule has 6 nitrogen and oxygen atoms in total. The molecule has 0 atom stereocenters. The third kappa shape index (κ3) is 5.15. The molecule has 0 aliphatic carbocycles. The molecule has 0 aromatic heterocycles. The van der Waals surface area contributed by atoms with Crippen LogP contribution in [0.15, 0.2) is 51.8 Å². The number of amides is 2. The Morgan fingerprint density at radius 1 is 1.21 bits per heavy atom. The Labute approximate surface area is 187 Å². The lowest BCUT2D eigenvalue weighted by atomic mass is 10.2. The molecule has 0 saturated carbocycles. The number of carboxylic acids is 1. The van der Waals surface area contributed by atoms with Crippen LogP contribution in [-0.2, 0) is 16.2 Å². The molecule has 2 aromatic carbocycles.